The fourth-order valence-corrected chi connectivity index (χ4v) is 4.32. The van der Waals surface area contributed by atoms with E-state index in [0.29, 0.717) is 25.3 Å². The number of methoxy groups -OCH3 is 1. The van der Waals surface area contributed by atoms with E-state index in [1.807, 2.05) is 24.3 Å². The van der Waals surface area contributed by atoms with Gasteiger partial charge in [0.25, 0.3) is 5.56 Å². The number of carbonyl (C=O) groups is 1. The number of aromatic nitrogens is 3. The molecule has 0 bridgehead atoms. The first kappa shape index (κ1) is 25.1. The second-order valence-corrected chi connectivity index (χ2v) is 9.32. The number of carbonyl (C=O) groups excluding carboxylic acids is 1. The SMILES string of the molecule is COCCn1c(-c2cc(C)c(=O)n(C)c2)nc2cc(CN[C@H](C(=O)OC3CCC3)[C@@H](C)O)ccc21. The molecule has 2 aromatic heterocycles. The number of pyridine rings is 1. The maximum Gasteiger partial charge on any atom is 0.326 e. The van der Waals surface area contributed by atoms with Crippen molar-refractivity contribution in [2.45, 2.75) is 64.4 Å². The fourth-order valence-electron chi connectivity index (χ4n) is 4.32. The molecule has 0 aliphatic heterocycles. The Morgan fingerprint density at radius 1 is 1.31 bits per heavy atom. The normalized spacial score (nSPS) is 15.7. The van der Waals surface area contributed by atoms with E-state index in [-0.39, 0.29) is 11.7 Å². The zero-order valence-electron chi connectivity index (χ0n) is 20.8. The van der Waals surface area contributed by atoms with E-state index in [2.05, 4.69) is 9.88 Å². The van der Waals surface area contributed by atoms with Crippen LogP contribution in [0, 0.1) is 6.92 Å². The van der Waals surface area contributed by atoms with E-state index < -0.39 is 18.1 Å². The van der Waals surface area contributed by atoms with Crippen molar-refractivity contribution in [3.8, 4) is 11.4 Å². The largest absolute Gasteiger partial charge is 0.461 e. The van der Waals surface area contributed by atoms with Crippen LogP contribution in [-0.4, -0.2) is 57.2 Å². The predicted molar refractivity (Wildman–Crippen MR) is 133 cm³/mol. The van der Waals surface area contributed by atoms with Crippen LogP contribution in [0.3, 0.4) is 0 Å². The van der Waals surface area contributed by atoms with E-state index in [1.165, 1.54) is 0 Å². The van der Waals surface area contributed by atoms with Crippen LogP contribution in [0.2, 0.25) is 0 Å². The summed E-state index contributed by atoms with van der Waals surface area (Å²) in [6, 6.07) is 7.01. The Morgan fingerprint density at radius 3 is 2.71 bits per heavy atom. The summed E-state index contributed by atoms with van der Waals surface area (Å²) in [4.78, 5) is 29.6. The first-order valence-electron chi connectivity index (χ1n) is 12.1. The van der Waals surface area contributed by atoms with Crippen LogP contribution in [0.4, 0.5) is 0 Å². The lowest BCUT2D eigenvalue weighted by Crippen LogP contribution is -2.47. The molecule has 2 atom stereocenters. The lowest BCUT2D eigenvalue weighted by atomic mass is 9.96. The number of aliphatic hydroxyl groups is 1. The van der Waals surface area contributed by atoms with Crippen molar-refractivity contribution in [2.75, 3.05) is 13.7 Å². The minimum atomic E-state index is -0.876. The highest BCUT2D eigenvalue weighted by Gasteiger charge is 2.29. The standard InChI is InChI=1S/C26H34N4O5/c1-16-12-19(15-29(3)25(16)32)24-28-21-13-18(8-9-22(21)30(24)10-11-34-4)14-27-23(17(2)31)26(33)35-20-6-5-7-20/h8-9,12-13,15,17,20,23,27,31H,5-7,10-11,14H2,1-4H3/t17-,23+/m1/s1. The zero-order chi connectivity index (χ0) is 25.1. The lowest BCUT2D eigenvalue weighted by Gasteiger charge is -2.28. The molecule has 1 aliphatic rings. The molecule has 3 aromatic rings. The first-order valence-corrected chi connectivity index (χ1v) is 12.1. The number of esters is 1. The minimum Gasteiger partial charge on any atom is -0.461 e. The van der Waals surface area contributed by atoms with Gasteiger partial charge in [0.2, 0.25) is 0 Å². The van der Waals surface area contributed by atoms with Crippen LogP contribution in [0.1, 0.15) is 37.3 Å². The molecule has 1 saturated carbocycles. The van der Waals surface area contributed by atoms with Crippen molar-refractivity contribution in [1.82, 2.24) is 19.4 Å². The summed E-state index contributed by atoms with van der Waals surface area (Å²) >= 11 is 0. The Balaban J connectivity index is 1.60. The summed E-state index contributed by atoms with van der Waals surface area (Å²) in [5, 5.41) is 13.3. The van der Waals surface area contributed by atoms with Gasteiger partial charge in [0, 0.05) is 44.6 Å². The summed E-state index contributed by atoms with van der Waals surface area (Å²) < 4.78 is 14.5. The van der Waals surface area contributed by atoms with Crippen LogP contribution in [0.15, 0.2) is 35.3 Å². The summed E-state index contributed by atoms with van der Waals surface area (Å²) in [6.07, 6.45) is 3.74. The number of benzene rings is 1. The molecule has 0 saturated heterocycles. The van der Waals surface area contributed by atoms with Crippen LogP contribution in [0.25, 0.3) is 22.4 Å². The van der Waals surface area contributed by atoms with Gasteiger partial charge in [0.15, 0.2) is 0 Å². The molecule has 9 nitrogen and oxygen atoms in total. The topological polar surface area (TPSA) is 108 Å². The summed E-state index contributed by atoms with van der Waals surface area (Å²) in [6.45, 7) is 4.89. The molecule has 188 valence electrons. The number of hydrogen-bond donors (Lipinski definition) is 2. The molecule has 0 radical (unpaired) electrons. The molecule has 2 heterocycles. The Labute approximate surface area is 204 Å². The molecule has 9 heteroatoms. The summed E-state index contributed by atoms with van der Waals surface area (Å²) in [5.41, 5.74) is 4.14. The van der Waals surface area contributed by atoms with E-state index in [9.17, 15) is 14.7 Å². The van der Waals surface area contributed by atoms with Crippen LogP contribution >= 0.6 is 0 Å². The maximum atomic E-state index is 12.5. The molecule has 0 spiro atoms. The van der Waals surface area contributed by atoms with E-state index in [1.54, 1.807) is 38.8 Å². The highest BCUT2D eigenvalue weighted by molar-refractivity contribution is 5.81. The molecule has 0 unspecified atom stereocenters. The first-order chi connectivity index (χ1) is 16.8. The third-order valence-corrected chi connectivity index (χ3v) is 6.55. The highest BCUT2D eigenvalue weighted by atomic mass is 16.5. The quantitative estimate of drug-likeness (QED) is 0.427. The van der Waals surface area contributed by atoms with Crippen molar-refractivity contribution in [2.24, 2.45) is 7.05 Å². The van der Waals surface area contributed by atoms with E-state index in [4.69, 9.17) is 14.5 Å². The number of aliphatic hydroxyl groups excluding tert-OH is 1. The van der Waals surface area contributed by atoms with Gasteiger partial charge in [-0.1, -0.05) is 6.07 Å². The van der Waals surface area contributed by atoms with Gasteiger partial charge in [-0.3, -0.25) is 14.9 Å². The van der Waals surface area contributed by atoms with Gasteiger partial charge >= 0.3 is 5.97 Å². The fraction of sp³-hybridized carbons (Fsp3) is 0.500. The predicted octanol–water partition coefficient (Wildman–Crippen LogP) is 2.29. The third kappa shape index (κ3) is 5.47. The average Bonchev–Trinajstić information content (AvgIpc) is 3.15. The molecule has 1 fully saturated rings. The lowest BCUT2D eigenvalue weighted by molar-refractivity contribution is -0.158. The molecular formula is C26H34N4O5. The number of aryl methyl sites for hydroxylation is 2. The smallest absolute Gasteiger partial charge is 0.326 e. The molecule has 0 amide bonds. The second-order valence-electron chi connectivity index (χ2n) is 9.32. The summed E-state index contributed by atoms with van der Waals surface area (Å²) in [7, 11) is 3.40. The van der Waals surface area contributed by atoms with Crippen LogP contribution in [0.5, 0.6) is 0 Å². The number of ether oxygens (including phenoxy) is 2. The maximum absolute atomic E-state index is 12.5. The molecule has 1 aliphatic carbocycles. The number of hydrogen-bond acceptors (Lipinski definition) is 7. The van der Waals surface area contributed by atoms with E-state index in [0.717, 1.165) is 47.2 Å². The number of rotatable bonds is 10. The van der Waals surface area contributed by atoms with Crippen molar-refractivity contribution in [1.29, 1.82) is 0 Å². The number of imidazole rings is 1. The number of nitrogens with one attached hydrogen (secondary N) is 1. The molecule has 35 heavy (non-hydrogen) atoms. The van der Waals surface area contributed by atoms with Gasteiger partial charge in [-0.2, -0.15) is 0 Å². The second kappa shape index (κ2) is 10.7. The van der Waals surface area contributed by atoms with Gasteiger partial charge in [-0.15, -0.1) is 0 Å². The minimum absolute atomic E-state index is 0.0301. The molecular weight excluding hydrogens is 448 g/mol. The molecule has 4 rings (SSSR count). The van der Waals surface area contributed by atoms with Gasteiger partial charge in [0.1, 0.15) is 18.0 Å². The monoisotopic (exact) mass is 482 g/mol. The Kier molecular flexibility index (Phi) is 7.69. The van der Waals surface area contributed by atoms with E-state index >= 15 is 0 Å². The van der Waals surface area contributed by atoms with Gasteiger partial charge in [0.05, 0.1) is 23.7 Å². The average molecular weight is 483 g/mol. The Bertz CT molecular complexity index is 1230. The Hall–Kier alpha value is -3.01. The van der Waals surface area contributed by atoms with Gasteiger partial charge in [-0.25, -0.2) is 4.98 Å². The number of fused-ring (bicyclic) bond motifs is 1. The number of nitrogens with zero attached hydrogens (tertiary/aromatic N) is 3. The molecule has 1 aromatic carbocycles. The highest BCUT2D eigenvalue weighted by Crippen LogP contribution is 2.26. The van der Waals surface area contributed by atoms with Crippen LogP contribution in [-0.2, 0) is 34.4 Å². The van der Waals surface area contributed by atoms with Crippen molar-refractivity contribution >= 4 is 17.0 Å². The van der Waals surface area contributed by atoms with Crippen LogP contribution < -0.4 is 10.9 Å². The molecule has 2 N–H and O–H groups in total. The van der Waals surface area contributed by atoms with Crippen molar-refractivity contribution < 1.29 is 19.4 Å². The van der Waals surface area contributed by atoms with Gasteiger partial charge < -0.3 is 23.7 Å². The third-order valence-electron chi connectivity index (χ3n) is 6.55. The van der Waals surface area contributed by atoms with Gasteiger partial charge in [-0.05, 0) is 56.9 Å². The van der Waals surface area contributed by atoms with Crippen molar-refractivity contribution in [3.05, 3.63) is 51.9 Å². The Morgan fingerprint density at radius 2 is 2.09 bits per heavy atom. The van der Waals surface area contributed by atoms with Crippen molar-refractivity contribution in [3.63, 3.8) is 0 Å². The zero-order valence-corrected chi connectivity index (χ0v) is 20.8. The summed E-state index contributed by atoms with van der Waals surface area (Å²) in [5.74, 6) is 0.341.